The van der Waals surface area contributed by atoms with Crippen LogP contribution in [-0.2, 0) is 0 Å². The van der Waals surface area contributed by atoms with Gasteiger partial charge in [0.15, 0.2) is 0 Å². The summed E-state index contributed by atoms with van der Waals surface area (Å²) in [6.45, 7) is 8.34. The van der Waals surface area contributed by atoms with Crippen LogP contribution in [0, 0.1) is 6.92 Å². The van der Waals surface area contributed by atoms with Crippen LogP contribution < -0.4 is 14.7 Å². The van der Waals surface area contributed by atoms with Crippen LogP contribution >= 0.6 is 0 Å². The summed E-state index contributed by atoms with van der Waals surface area (Å²) in [6, 6.07) is 12.9. The van der Waals surface area contributed by atoms with Crippen molar-refractivity contribution in [3.05, 3.63) is 42.2 Å². The third kappa shape index (κ3) is 3.92. The predicted molar refractivity (Wildman–Crippen MR) is 108 cm³/mol. The van der Waals surface area contributed by atoms with Crippen LogP contribution in [0.5, 0.6) is 0 Å². The average Bonchev–Trinajstić information content (AvgIpc) is 2.98. The molecular formula is C21H29N5. The second-order valence-electron chi connectivity index (χ2n) is 7.34. The van der Waals surface area contributed by atoms with Crippen LogP contribution in [0.1, 0.15) is 31.5 Å². The SMILES string of the molecule is Cc1nc(N2CCCCCC2)cc(N2CCN(c3ccccc3)CC2)n1. The molecule has 2 fully saturated rings. The summed E-state index contributed by atoms with van der Waals surface area (Å²) in [6.07, 6.45) is 5.23. The predicted octanol–water partition coefficient (Wildman–Crippen LogP) is 3.49. The van der Waals surface area contributed by atoms with Gasteiger partial charge < -0.3 is 14.7 Å². The van der Waals surface area contributed by atoms with E-state index in [2.05, 4.69) is 51.1 Å². The largest absolute Gasteiger partial charge is 0.368 e. The monoisotopic (exact) mass is 351 g/mol. The molecule has 138 valence electrons. The van der Waals surface area contributed by atoms with Crippen LogP contribution in [0.15, 0.2) is 36.4 Å². The van der Waals surface area contributed by atoms with Gasteiger partial charge in [0.2, 0.25) is 0 Å². The minimum Gasteiger partial charge on any atom is -0.368 e. The molecule has 1 aromatic carbocycles. The molecule has 1 aromatic heterocycles. The molecule has 26 heavy (non-hydrogen) atoms. The van der Waals surface area contributed by atoms with Crippen molar-refractivity contribution in [3.8, 4) is 0 Å². The number of aromatic nitrogens is 2. The Morgan fingerprint density at radius 1 is 0.654 bits per heavy atom. The van der Waals surface area contributed by atoms with Crippen molar-refractivity contribution in [3.63, 3.8) is 0 Å². The normalized spacial score (nSPS) is 18.7. The third-order valence-corrected chi connectivity index (χ3v) is 5.47. The first-order valence-corrected chi connectivity index (χ1v) is 9.95. The number of benzene rings is 1. The number of anilines is 3. The number of para-hydroxylation sites is 1. The number of nitrogens with zero attached hydrogens (tertiary/aromatic N) is 5. The molecule has 2 saturated heterocycles. The maximum Gasteiger partial charge on any atom is 0.134 e. The van der Waals surface area contributed by atoms with E-state index in [9.17, 15) is 0 Å². The zero-order valence-electron chi connectivity index (χ0n) is 15.8. The summed E-state index contributed by atoms with van der Waals surface area (Å²) >= 11 is 0. The first kappa shape index (κ1) is 17.1. The fourth-order valence-corrected chi connectivity index (χ4v) is 3.99. The van der Waals surface area contributed by atoms with E-state index in [1.807, 2.05) is 6.92 Å². The third-order valence-electron chi connectivity index (χ3n) is 5.47. The molecule has 5 nitrogen and oxygen atoms in total. The molecular weight excluding hydrogens is 322 g/mol. The van der Waals surface area contributed by atoms with Crippen molar-refractivity contribution >= 4 is 17.3 Å². The molecule has 3 heterocycles. The van der Waals surface area contributed by atoms with Gasteiger partial charge >= 0.3 is 0 Å². The average molecular weight is 351 g/mol. The lowest BCUT2D eigenvalue weighted by atomic mass is 10.2. The van der Waals surface area contributed by atoms with Crippen molar-refractivity contribution in [2.45, 2.75) is 32.6 Å². The van der Waals surface area contributed by atoms with Gasteiger partial charge in [0, 0.05) is 51.0 Å². The van der Waals surface area contributed by atoms with E-state index in [1.165, 1.54) is 31.4 Å². The summed E-state index contributed by atoms with van der Waals surface area (Å²) < 4.78 is 0. The van der Waals surface area contributed by atoms with E-state index < -0.39 is 0 Å². The Kier molecular flexibility index (Phi) is 5.23. The van der Waals surface area contributed by atoms with E-state index in [1.54, 1.807) is 0 Å². The molecule has 2 aromatic rings. The molecule has 0 amide bonds. The highest BCUT2D eigenvalue weighted by atomic mass is 15.3. The Hall–Kier alpha value is -2.30. The van der Waals surface area contributed by atoms with E-state index >= 15 is 0 Å². The fourth-order valence-electron chi connectivity index (χ4n) is 3.99. The molecule has 0 aliphatic carbocycles. The van der Waals surface area contributed by atoms with E-state index in [0.717, 1.165) is 56.7 Å². The maximum atomic E-state index is 4.74. The first-order chi connectivity index (χ1) is 12.8. The van der Waals surface area contributed by atoms with Crippen molar-refractivity contribution in [2.24, 2.45) is 0 Å². The molecule has 4 rings (SSSR count). The Balaban J connectivity index is 1.46. The van der Waals surface area contributed by atoms with Gasteiger partial charge in [-0.3, -0.25) is 0 Å². The van der Waals surface area contributed by atoms with Gasteiger partial charge in [-0.2, -0.15) is 0 Å². The van der Waals surface area contributed by atoms with Crippen LogP contribution in [0.2, 0.25) is 0 Å². The number of hydrogen-bond donors (Lipinski definition) is 0. The Labute approximate surface area is 156 Å². The minimum atomic E-state index is 0.882. The maximum absolute atomic E-state index is 4.74. The molecule has 0 atom stereocenters. The van der Waals surface area contributed by atoms with Crippen molar-refractivity contribution in [1.82, 2.24) is 9.97 Å². The molecule has 0 saturated carbocycles. The zero-order chi connectivity index (χ0) is 17.8. The second-order valence-corrected chi connectivity index (χ2v) is 7.34. The van der Waals surface area contributed by atoms with Gasteiger partial charge in [-0.15, -0.1) is 0 Å². The lowest BCUT2D eigenvalue weighted by molar-refractivity contribution is 0.645. The van der Waals surface area contributed by atoms with E-state index in [4.69, 9.17) is 9.97 Å². The highest BCUT2D eigenvalue weighted by Crippen LogP contribution is 2.24. The van der Waals surface area contributed by atoms with E-state index in [0.29, 0.717) is 0 Å². The van der Waals surface area contributed by atoms with Crippen LogP contribution in [-0.4, -0.2) is 49.2 Å². The molecule has 0 bridgehead atoms. The van der Waals surface area contributed by atoms with E-state index in [-0.39, 0.29) is 0 Å². The van der Waals surface area contributed by atoms with Gasteiger partial charge in [0.1, 0.15) is 17.5 Å². The number of aryl methyl sites for hydroxylation is 1. The van der Waals surface area contributed by atoms with Gasteiger partial charge in [0.25, 0.3) is 0 Å². The van der Waals surface area contributed by atoms with Crippen molar-refractivity contribution in [1.29, 1.82) is 0 Å². The molecule has 0 unspecified atom stereocenters. The highest BCUT2D eigenvalue weighted by molar-refractivity contribution is 5.53. The quantitative estimate of drug-likeness (QED) is 0.846. The second kappa shape index (κ2) is 7.94. The van der Waals surface area contributed by atoms with Gasteiger partial charge in [-0.1, -0.05) is 31.0 Å². The van der Waals surface area contributed by atoms with Gasteiger partial charge in [-0.25, -0.2) is 9.97 Å². The minimum absolute atomic E-state index is 0.882. The summed E-state index contributed by atoms with van der Waals surface area (Å²) in [4.78, 5) is 16.8. The molecule has 2 aliphatic heterocycles. The molecule has 5 heteroatoms. The fraction of sp³-hybridized carbons (Fsp3) is 0.524. The Morgan fingerprint density at radius 3 is 1.81 bits per heavy atom. The molecule has 0 radical (unpaired) electrons. The molecule has 0 spiro atoms. The van der Waals surface area contributed by atoms with Crippen LogP contribution in [0.4, 0.5) is 17.3 Å². The summed E-state index contributed by atoms with van der Waals surface area (Å²) in [7, 11) is 0. The first-order valence-electron chi connectivity index (χ1n) is 9.95. The highest BCUT2D eigenvalue weighted by Gasteiger charge is 2.20. The summed E-state index contributed by atoms with van der Waals surface area (Å²) in [5.74, 6) is 3.08. The van der Waals surface area contributed by atoms with Crippen LogP contribution in [0.25, 0.3) is 0 Å². The van der Waals surface area contributed by atoms with Crippen molar-refractivity contribution in [2.75, 3.05) is 54.0 Å². The number of piperazine rings is 1. The Bertz CT molecular complexity index is 702. The molecule has 0 N–H and O–H groups in total. The topological polar surface area (TPSA) is 35.5 Å². The summed E-state index contributed by atoms with van der Waals surface area (Å²) in [5.41, 5.74) is 1.32. The zero-order valence-corrected chi connectivity index (χ0v) is 15.8. The van der Waals surface area contributed by atoms with Crippen LogP contribution in [0.3, 0.4) is 0 Å². The number of hydrogen-bond acceptors (Lipinski definition) is 5. The summed E-state index contributed by atoms with van der Waals surface area (Å²) in [5, 5.41) is 0. The Morgan fingerprint density at radius 2 is 1.19 bits per heavy atom. The lowest BCUT2D eigenvalue weighted by Gasteiger charge is -2.37. The standard InChI is InChI=1S/C21H29N5/c1-18-22-20(25-11-7-2-3-8-12-25)17-21(23-18)26-15-13-24(14-16-26)19-9-5-4-6-10-19/h4-6,9-10,17H,2-3,7-8,11-16H2,1H3. The van der Waals surface area contributed by atoms with Gasteiger partial charge in [0.05, 0.1) is 0 Å². The van der Waals surface area contributed by atoms with Crippen molar-refractivity contribution < 1.29 is 0 Å². The smallest absolute Gasteiger partial charge is 0.134 e. The number of rotatable bonds is 3. The molecule has 2 aliphatic rings. The lowest BCUT2D eigenvalue weighted by Crippen LogP contribution is -2.47. The van der Waals surface area contributed by atoms with Gasteiger partial charge in [-0.05, 0) is 31.9 Å².